The highest BCUT2D eigenvalue weighted by Gasteiger charge is 2.19. The fourth-order valence-corrected chi connectivity index (χ4v) is 2.06. The van der Waals surface area contributed by atoms with Crippen LogP contribution in [0, 0.1) is 12.3 Å². The summed E-state index contributed by atoms with van der Waals surface area (Å²) in [6.07, 6.45) is 12.2. The topological polar surface area (TPSA) is 0 Å². The molecule has 0 nitrogen and oxygen atoms in total. The van der Waals surface area contributed by atoms with Gasteiger partial charge in [0.05, 0.1) is 0 Å². The second-order valence-electron chi connectivity index (χ2n) is 3.59. The van der Waals surface area contributed by atoms with Gasteiger partial charge in [0.15, 0.2) is 0 Å². The van der Waals surface area contributed by atoms with E-state index in [-0.39, 0.29) is 0 Å². The van der Waals surface area contributed by atoms with Crippen molar-refractivity contribution in [1.29, 1.82) is 0 Å². The Morgan fingerprint density at radius 1 is 1.45 bits per heavy atom. The number of allylic oxidation sites excluding steroid dienone is 4. The van der Waals surface area contributed by atoms with Crippen molar-refractivity contribution >= 4 is 0 Å². The van der Waals surface area contributed by atoms with E-state index in [4.69, 9.17) is 0 Å². The highest BCUT2D eigenvalue weighted by molar-refractivity contribution is 5.43. The molecule has 0 spiro atoms. The molecule has 2 rings (SSSR count). The van der Waals surface area contributed by atoms with Crippen molar-refractivity contribution < 1.29 is 0 Å². The molecule has 1 radical (unpaired) electrons. The van der Waals surface area contributed by atoms with E-state index in [1.165, 1.54) is 25.7 Å². The van der Waals surface area contributed by atoms with Gasteiger partial charge in [-0.25, -0.2) is 0 Å². The molecule has 1 unspecified atom stereocenters. The minimum Gasteiger partial charge on any atom is -0.0761 e. The molecule has 2 aliphatic rings. The second-order valence-corrected chi connectivity index (χ2v) is 3.59. The molecule has 0 N–H and O–H groups in total. The normalized spacial score (nSPS) is 29.4. The minimum atomic E-state index is 0.963. The van der Waals surface area contributed by atoms with Crippen molar-refractivity contribution in [3.63, 3.8) is 0 Å². The summed E-state index contributed by atoms with van der Waals surface area (Å²) in [5.41, 5.74) is 3.22. The lowest BCUT2D eigenvalue weighted by molar-refractivity contribution is 0.450. The van der Waals surface area contributed by atoms with Crippen LogP contribution in [0.2, 0.25) is 0 Å². The van der Waals surface area contributed by atoms with Crippen LogP contribution in [-0.4, -0.2) is 0 Å². The van der Waals surface area contributed by atoms with Gasteiger partial charge in [0, 0.05) is 6.42 Å². The lowest BCUT2D eigenvalue weighted by Crippen LogP contribution is -2.06. The molecule has 0 aromatic heterocycles. The first-order valence-electron chi connectivity index (χ1n) is 4.63. The monoisotopic (exact) mass is 147 g/mol. The summed E-state index contributed by atoms with van der Waals surface area (Å²) in [7, 11) is 0. The van der Waals surface area contributed by atoms with E-state index in [1.807, 2.05) is 0 Å². The SMILES string of the molecule is CCC1CCC2=C(C=C[CH]2)C1. The van der Waals surface area contributed by atoms with Crippen LogP contribution >= 0.6 is 0 Å². The molecule has 0 amide bonds. The van der Waals surface area contributed by atoms with E-state index in [9.17, 15) is 0 Å². The summed E-state index contributed by atoms with van der Waals surface area (Å²) >= 11 is 0. The maximum absolute atomic E-state index is 2.30. The zero-order chi connectivity index (χ0) is 7.68. The number of rotatable bonds is 1. The second kappa shape index (κ2) is 2.84. The maximum Gasteiger partial charge on any atom is 0.00864 e. The summed E-state index contributed by atoms with van der Waals surface area (Å²) in [6.45, 7) is 2.30. The first-order valence-corrected chi connectivity index (χ1v) is 4.63. The third-order valence-corrected chi connectivity index (χ3v) is 2.92. The van der Waals surface area contributed by atoms with Crippen molar-refractivity contribution in [3.05, 3.63) is 29.7 Å². The summed E-state index contributed by atoms with van der Waals surface area (Å²) in [5, 5.41) is 0. The summed E-state index contributed by atoms with van der Waals surface area (Å²) in [5.74, 6) is 0.963. The molecule has 0 aromatic carbocycles. The molecule has 59 valence electrons. The lowest BCUT2D eigenvalue weighted by Gasteiger charge is -2.22. The van der Waals surface area contributed by atoms with Gasteiger partial charge in [-0.05, 0) is 30.8 Å². The lowest BCUT2D eigenvalue weighted by atomic mass is 9.84. The van der Waals surface area contributed by atoms with Crippen molar-refractivity contribution in [3.8, 4) is 0 Å². The van der Waals surface area contributed by atoms with Crippen LogP contribution in [0.5, 0.6) is 0 Å². The van der Waals surface area contributed by atoms with Crippen LogP contribution in [0.1, 0.15) is 32.6 Å². The Morgan fingerprint density at radius 2 is 2.36 bits per heavy atom. The zero-order valence-electron chi connectivity index (χ0n) is 7.14. The molecular weight excluding hydrogens is 132 g/mol. The van der Waals surface area contributed by atoms with E-state index in [2.05, 4.69) is 25.5 Å². The van der Waals surface area contributed by atoms with Gasteiger partial charge >= 0.3 is 0 Å². The average Bonchev–Trinajstić information content (AvgIpc) is 2.50. The molecular formula is C11H15. The van der Waals surface area contributed by atoms with Crippen LogP contribution < -0.4 is 0 Å². The Morgan fingerprint density at radius 3 is 3.18 bits per heavy atom. The largest absolute Gasteiger partial charge is 0.0761 e. The summed E-state index contributed by atoms with van der Waals surface area (Å²) < 4.78 is 0. The first-order chi connectivity index (χ1) is 5.40. The third kappa shape index (κ3) is 1.26. The van der Waals surface area contributed by atoms with Crippen LogP contribution in [0.3, 0.4) is 0 Å². The fourth-order valence-electron chi connectivity index (χ4n) is 2.06. The molecule has 0 aliphatic heterocycles. The highest BCUT2D eigenvalue weighted by Crippen LogP contribution is 2.36. The van der Waals surface area contributed by atoms with Crippen LogP contribution in [0.25, 0.3) is 0 Å². The molecule has 2 aliphatic carbocycles. The molecule has 11 heavy (non-hydrogen) atoms. The van der Waals surface area contributed by atoms with Crippen molar-refractivity contribution in [2.45, 2.75) is 32.6 Å². The van der Waals surface area contributed by atoms with Crippen molar-refractivity contribution in [2.24, 2.45) is 5.92 Å². The Kier molecular flexibility index (Phi) is 1.85. The van der Waals surface area contributed by atoms with Gasteiger partial charge in [0.2, 0.25) is 0 Å². The van der Waals surface area contributed by atoms with E-state index >= 15 is 0 Å². The Labute approximate surface area is 69.0 Å². The Hall–Kier alpha value is -0.520. The summed E-state index contributed by atoms with van der Waals surface area (Å²) in [6, 6.07) is 0. The van der Waals surface area contributed by atoms with Gasteiger partial charge in [0.1, 0.15) is 0 Å². The van der Waals surface area contributed by atoms with Crippen LogP contribution in [-0.2, 0) is 0 Å². The zero-order valence-corrected chi connectivity index (χ0v) is 7.14. The van der Waals surface area contributed by atoms with E-state index in [0.29, 0.717) is 0 Å². The average molecular weight is 147 g/mol. The first kappa shape index (κ1) is 7.15. The molecule has 1 atom stereocenters. The standard InChI is InChI=1S/C11H15/c1-2-9-6-7-10-4-3-5-11(10)8-9/h3-5,9H,2,6-8H2,1H3. The van der Waals surface area contributed by atoms with Gasteiger partial charge in [-0.2, -0.15) is 0 Å². The molecule has 0 bridgehead atoms. The quantitative estimate of drug-likeness (QED) is 0.534. The molecule has 0 saturated carbocycles. The Bertz CT molecular complexity index is 208. The maximum atomic E-state index is 2.30. The predicted octanol–water partition coefficient (Wildman–Crippen LogP) is 3.27. The van der Waals surface area contributed by atoms with Gasteiger partial charge < -0.3 is 0 Å². The van der Waals surface area contributed by atoms with Crippen LogP contribution in [0.15, 0.2) is 23.3 Å². The molecule has 0 heteroatoms. The van der Waals surface area contributed by atoms with E-state index < -0.39 is 0 Å². The van der Waals surface area contributed by atoms with Crippen molar-refractivity contribution in [1.82, 2.24) is 0 Å². The molecule has 0 saturated heterocycles. The Balaban J connectivity index is 2.09. The molecule has 0 fully saturated rings. The molecule has 0 heterocycles. The van der Waals surface area contributed by atoms with Gasteiger partial charge in [0.25, 0.3) is 0 Å². The van der Waals surface area contributed by atoms with Crippen LogP contribution in [0.4, 0.5) is 0 Å². The fraction of sp³-hybridized carbons (Fsp3) is 0.545. The number of hydrogen-bond donors (Lipinski definition) is 0. The van der Waals surface area contributed by atoms with Crippen molar-refractivity contribution in [2.75, 3.05) is 0 Å². The van der Waals surface area contributed by atoms with Gasteiger partial charge in [-0.1, -0.05) is 31.1 Å². The van der Waals surface area contributed by atoms with Gasteiger partial charge in [-0.3, -0.25) is 0 Å². The predicted molar refractivity (Wildman–Crippen MR) is 48.1 cm³/mol. The third-order valence-electron chi connectivity index (χ3n) is 2.92. The number of hydrogen-bond acceptors (Lipinski definition) is 0. The minimum absolute atomic E-state index is 0.963. The summed E-state index contributed by atoms with van der Waals surface area (Å²) in [4.78, 5) is 0. The van der Waals surface area contributed by atoms with Gasteiger partial charge in [-0.15, -0.1) is 0 Å². The van der Waals surface area contributed by atoms with E-state index in [1.54, 1.807) is 11.1 Å². The van der Waals surface area contributed by atoms with E-state index in [0.717, 1.165) is 5.92 Å². The highest BCUT2D eigenvalue weighted by atomic mass is 14.2. The molecule has 0 aromatic rings. The smallest absolute Gasteiger partial charge is 0.00864 e.